The normalized spacial score (nSPS) is 13.3. The molecule has 0 aliphatic rings. The van der Waals surface area contributed by atoms with Crippen LogP contribution in [-0.2, 0) is 0 Å². The summed E-state index contributed by atoms with van der Waals surface area (Å²) in [6.07, 6.45) is 4.86. The molecule has 0 aromatic heterocycles. The minimum absolute atomic E-state index is 0.540. The number of allylic oxidation sites excluding steroid dienone is 4. The molecule has 0 atom stereocenters. The number of rotatable bonds is 3. The van der Waals surface area contributed by atoms with E-state index in [0.29, 0.717) is 5.92 Å². The predicted octanol–water partition coefficient (Wildman–Crippen LogP) is 3.45. The van der Waals surface area contributed by atoms with Gasteiger partial charge in [0.2, 0.25) is 0 Å². The SMILES string of the molecule is C/C=C(C#N)\C=C(/CC)C(C)C. The van der Waals surface area contributed by atoms with Gasteiger partial charge >= 0.3 is 0 Å². The van der Waals surface area contributed by atoms with E-state index >= 15 is 0 Å². The number of nitrogens with zero attached hydrogens (tertiary/aromatic N) is 1. The van der Waals surface area contributed by atoms with E-state index in [2.05, 4.69) is 26.8 Å². The zero-order chi connectivity index (χ0) is 9.56. The van der Waals surface area contributed by atoms with Crippen LogP contribution in [0.2, 0.25) is 0 Å². The third kappa shape index (κ3) is 3.39. The fourth-order valence-corrected chi connectivity index (χ4v) is 1.06. The maximum absolute atomic E-state index is 8.69. The zero-order valence-electron chi connectivity index (χ0n) is 8.39. The molecule has 0 N–H and O–H groups in total. The molecule has 1 heteroatoms. The van der Waals surface area contributed by atoms with E-state index in [4.69, 9.17) is 5.26 Å². The lowest BCUT2D eigenvalue weighted by atomic mass is 9.98. The van der Waals surface area contributed by atoms with Crippen molar-refractivity contribution in [1.82, 2.24) is 0 Å². The number of hydrogen-bond acceptors (Lipinski definition) is 1. The molecule has 0 saturated heterocycles. The summed E-state index contributed by atoms with van der Waals surface area (Å²) in [4.78, 5) is 0. The monoisotopic (exact) mass is 163 g/mol. The van der Waals surface area contributed by atoms with Gasteiger partial charge in [-0.15, -0.1) is 0 Å². The summed E-state index contributed by atoms with van der Waals surface area (Å²) in [5.74, 6) is 0.540. The van der Waals surface area contributed by atoms with Crippen LogP contribution in [0, 0.1) is 17.2 Å². The van der Waals surface area contributed by atoms with E-state index in [1.807, 2.05) is 19.1 Å². The molecular weight excluding hydrogens is 146 g/mol. The third-order valence-electron chi connectivity index (χ3n) is 1.93. The van der Waals surface area contributed by atoms with E-state index in [0.717, 1.165) is 12.0 Å². The van der Waals surface area contributed by atoms with Crippen molar-refractivity contribution in [3.8, 4) is 6.07 Å². The van der Waals surface area contributed by atoms with Gasteiger partial charge < -0.3 is 0 Å². The van der Waals surface area contributed by atoms with Gasteiger partial charge in [-0.2, -0.15) is 5.26 Å². The highest BCUT2D eigenvalue weighted by atomic mass is 14.2. The molecule has 0 heterocycles. The molecule has 0 bridgehead atoms. The number of nitriles is 1. The molecule has 0 aromatic rings. The van der Waals surface area contributed by atoms with Crippen molar-refractivity contribution in [3.05, 3.63) is 23.3 Å². The van der Waals surface area contributed by atoms with Crippen molar-refractivity contribution in [1.29, 1.82) is 5.26 Å². The molecule has 0 aliphatic carbocycles. The molecule has 1 nitrogen and oxygen atoms in total. The molecule has 12 heavy (non-hydrogen) atoms. The van der Waals surface area contributed by atoms with Gasteiger partial charge in [0.25, 0.3) is 0 Å². The van der Waals surface area contributed by atoms with Gasteiger partial charge in [0, 0.05) is 5.57 Å². The van der Waals surface area contributed by atoms with Gasteiger partial charge in [-0.1, -0.05) is 32.4 Å². The second-order valence-electron chi connectivity index (χ2n) is 3.08. The van der Waals surface area contributed by atoms with Crippen molar-refractivity contribution in [2.24, 2.45) is 5.92 Å². The second kappa shape index (κ2) is 5.60. The Morgan fingerprint density at radius 1 is 1.50 bits per heavy atom. The fraction of sp³-hybridized carbons (Fsp3) is 0.545. The molecule has 0 amide bonds. The lowest BCUT2D eigenvalue weighted by molar-refractivity contribution is 0.731. The average Bonchev–Trinajstić information content (AvgIpc) is 2.06. The van der Waals surface area contributed by atoms with Crippen molar-refractivity contribution >= 4 is 0 Å². The molecule has 0 saturated carbocycles. The maximum atomic E-state index is 8.69. The number of hydrogen-bond donors (Lipinski definition) is 0. The minimum atomic E-state index is 0.540. The summed E-state index contributed by atoms with van der Waals surface area (Å²) in [5.41, 5.74) is 2.10. The lowest BCUT2D eigenvalue weighted by Gasteiger charge is -2.07. The fourth-order valence-electron chi connectivity index (χ4n) is 1.06. The Hall–Kier alpha value is -1.03. The van der Waals surface area contributed by atoms with Crippen molar-refractivity contribution in [2.45, 2.75) is 34.1 Å². The van der Waals surface area contributed by atoms with Gasteiger partial charge in [0.05, 0.1) is 6.07 Å². The molecular formula is C11H17N. The van der Waals surface area contributed by atoms with Gasteiger partial charge in [-0.3, -0.25) is 0 Å². The van der Waals surface area contributed by atoms with Crippen molar-refractivity contribution < 1.29 is 0 Å². The largest absolute Gasteiger partial charge is 0.192 e. The molecule has 0 aliphatic heterocycles. The van der Waals surface area contributed by atoms with Crippen LogP contribution in [0.15, 0.2) is 23.3 Å². The Labute approximate surface area is 75.4 Å². The summed E-state index contributed by atoms with van der Waals surface area (Å²) in [7, 11) is 0. The van der Waals surface area contributed by atoms with Gasteiger partial charge in [0.1, 0.15) is 0 Å². The highest BCUT2D eigenvalue weighted by Gasteiger charge is 2.00. The van der Waals surface area contributed by atoms with E-state index in [-0.39, 0.29) is 0 Å². The Kier molecular flexibility index (Phi) is 5.12. The smallest absolute Gasteiger partial charge is 0.0988 e. The summed E-state index contributed by atoms with van der Waals surface area (Å²) >= 11 is 0. The molecule has 0 radical (unpaired) electrons. The third-order valence-corrected chi connectivity index (χ3v) is 1.93. The summed E-state index contributed by atoms with van der Waals surface area (Å²) in [5, 5.41) is 8.69. The Morgan fingerprint density at radius 3 is 2.33 bits per heavy atom. The van der Waals surface area contributed by atoms with E-state index in [9.17, 15) is 0 Å². The first-order valence-electron chi connectivity index (χ1n) is 4.42. The van der Waals surface area contributed by atoms with Crippen molar-refractivity contribution in [2.75, 3.05) is 0 Å². The molecule has 0 rings (SSSR count). The van der Waals surface area contributed by atoms with Crippen LogP contribution in [0.25, 0.3) is 0 Å². The molecule has 66 valence electrons. The summed E-state index contributed by atoms with van der Waals surface area (Å²) < 4.78 is 0. The molecule has 0 aromatic carbocycles. The van der Waals surface area contributed by atoms with Crippen LogP contribution < -0.4 is 0 Å². The topological polar surface area (TPSA) is 23.8 Å². The first-order valence-corrected chi connectivity index (χ1v) is 4.42. The van der Waals surface area contributed by atoms with Crippen LogP contribution in [0.4, 0.5) is 0 Å². The van der Waals surface area contributed by atoms with Crippen LogP contribution >= 0.6 is 0 Å². The quantitative estimate of drug-likeness (QED) is 0.462. The Balaban J connectivity index is 4.61. The Morgan fingerprint density at radius 2 is 2.08 bits per heavy atom. The zero-order valence-corrected chi connectivity index (χ0v) is 8.39. The highest BCUT2D eigenvalue weighted by Crippen LogP contribution is 2.15. The van der Waals surface area contributed by atoms with E-state index < -0.39 is 0 Å². The van der Waals surface area contributed by atoms with Gasteiger partial charge in [0.15, 0.2) is 0 Å². The van der Waals surface area contributed by atoms with Crippen LogP contribution in [0.1, 0.15) is 34.1 Å². The summed E-state index contributed by atoms with van der Waals surface area (Å²) in [6.45, 7) is 8.32. The maximum Gasteiger partial charge on any atom is 0.0988 e. The molecule has 0 spiro atoms. The highest BCUT2D eigenvalue weighted by molar-refractivity contribution is 5.35. The summed E-state index contributed by atoms with van der Waals surface area (Å²) in [6, 6.07) is 2.16. The Bertz CT molecular complexity index is 226. The average molecular weight is 163 g/mol. The standard InChI is InChI=1S/C11H17N/c1-5-10(8-12)7-11(6-2)9(3)4/h5,7,9H,6H2,1-4H3/b10-5+,11-7+. The first-order chi connectivity index (χ1) is 5.65. The predicted molar refractivity (Wildman–Crippen MR) is 52.6 cm³/mol. The van der Waals surface area contributed by atoms with Crippen LogP contribution in [0.3, 0.4) is 0 Å². The van der Waals surface area contributed by atoms with Gasteiger partial charge in [-0.05, 0) is 25.3 Å². The van der Waals surface area contributed by atoms with E-state index in [1.165, 1.54) is 5.57 Å². The van der Waals surface area contributed by atoms with Crippen molar-refractivity contribution in [3.63, 3.8) is 0 Å². The van der Waals surface area contributed by atoms with Gasteiger partial charge in [-0.25, -0.2) is 0 Å². The molecule has 0 unspecified atom stereocenters. The van der Waals surface area contributed by atoms with Crippen LogP contribution in [-0.4, -0.2) is 0 Å². The minimum Gasteiger partial charge on any atom is -0.192 e. The van der Waals surface area contributed by atoms with E-state index in [1.54, 1.807) is 0 Å². The van der Waals surface area contributed by atoms with Crippen LogP contribution in [0.5, 0.6) is 0 Å². The second-order valence-corrected chi connectivity index (χ2v) is 3.08. The molecule has 0 fully saturated rings. The lowest BCUT2D eigenvalue weighted by Crippen LogP contribution is -1.92. The first kappa shape index (κ1) is 11.0.